The predicted octanol–water partition coefficient (Wildman–Crippen LogP) is 0.511. The molecule has 62 valence electrons. The van der Waals surface area contributed by atoms with Crippen LogP contribution in [0, 0.1) is 0 Å². The summed E-state index contributed by atoms with van der Waals surface area (Å²) in [6.45, 7) is 0. The SMILES string of the molecule is CSC1=NC2N=NC(=O)C2=CN1. The summed E-state index contributed by atoms with van der Waals surface area (Å²) in [5.41, 5.74) is 0.521. The van der Waals surface area contributed by atoms with E-state index < -0.39 is 6.17 Å². The first-order valence-electron chi connectivity index (χ1n) is 3.35. The number of nitrogens with one attached hydrogen (secondary N) is 1. The van der Waals surface area contributed by atoms with Crippen LogP contribution in [0.2, 0.25) is 0 Å². The number of nitrogens with zero attached hydrogens (tertiary/aromatic N) is 3. The maximum absolute atomic E-state index is 11.0. The van der Waals surface area contributed by atoms with E-state index in [4.69, 9.17) is 0 Å². The molecule has 2 heterocycles. The molecular weight excluding hydrogens is 176 g/mol. The Morgan fingerprint density at radius 3 is 3.25 bits per heavy atom. The molecule has 1 unspecified atom stereocenters. The summed E-state index contributed by atoms with van der Waals surface area (Å²) in [5, 5.41) is 10.8. The third-order valence-corrected chi connectivity index (χ3v) is 2.18. The molecule has 0 saturated carbocycles. The summed E-state index contributed by atoms with van der Waals surface area (Å²) >= 11 is 1.48. The van der Waals surface area contributed by atoms with Gasteiger partial charge in [0.2, 0.25) is 0 Å². The first-order chi connectivity index (χ1) is 5.81. The molecule has 2 aliphatic rings. The van der Waals surface area contributed by atoms with Crippen LogP contribution in [0.1, 0.15) is 0 Å². The fourth-order valence-electron chi connectivity index (χ4n) is 0.969. The van der Waals surface area contributed by atoms with Crippen LogP contribution < -0.4 is 5.32 Å². The third-order valence-electron chi connectivity index (χ3n) is 1.57. The molecule has 1 atom stereocenters. The van der Waals surface area contributed by atoms with Crippen molar-refractivity contribution in [1.82, 2.24) is 5.32 Å². The Kier molecular flexibility index (Phi) is 1.69. The van der Waals surface area contributed by atoms with Gasteiger partial charge in [-0.1, -0.05) is 11.8 Å². The van der Waals surface area contributed by atoms with Gasteiger partial charge in [-0.05, 0) is 6.26 Å². The van der Waals surface area contributed by atoms with Crippen molar-refractivity contribution in [2.24, 2.45) is 15.2 Å². The fourth-order valence-corrected chi connectivity index (χ4v) is 1.35. The Morgan fingerprint density at radius 2 is 2.50 bits per heavy atom. The van der Waals surface area contributed by atoms with Crippen LogP contribution in [0.5, 0.6) is 0 Å². The first kappa shape index (κ1) is 7.48. The summed E-state index contributed by atoms with van der Waals surface area (Å²) in [5.74, 6) is -0.295. The Bertz CT molecular complexity index is 320. The Hall–Kier alpha value is -1.17. The summed E-state index contributed by atoms with van der Waals surface area (Å²) in [6.07, 6.45) is 3.12. The molecule has 0 radical (unpaired) electrons. The van der Waals surface area contributed by atoms with Gasteiger partial charge in [-0.2, -0.15) is 5.11 Å². The van der Waals surface area contributed by atoms with Crippen molar-refractivity contribution in [3.8, 4) is 0 Å². The number of carbonyl (C=O) groups is 1. The van der Waals surface area contributed by atoms with Crippen molar-refractivity contribution in [2.45, 2.75) is 6.17 Å². The second-order valence-corrected chi connectivity index (χ2v) is 3.07. The molecule has 5 nitrogen and oxygen atoms in total. The first-order valence-corrected chi connectivity index (χ1v) is 4.57. The highest BCUT2D eigenvalue weighted by Gasteiger charge is 2.28. The molecule has 2 rings (SSSR count). The van der Waals surface area contributed by atoms with Crippen LogP contribution >= 0.6 is 11.8 Å². The van der Waals surface area contributed by atoms with E-state index in [0.717, 1.165) is 5.17 Å². The standard InChI is InChI=1S/C6H6N4OS/c1-12-6-7-2-3-4(8-6)9-10-5(3)11/h2,4H,1H3,(H,7,8). The van der Waals surface area contributed by atoms with E-state index in [1.165, 1.54) is 11.8 Å². The topological polar surface area (TPSA) is 66.2 Å². The lowest BCUT2D eigenvalue weighted by atomic mass is 10.2. The highest BCUT2D eigenvalue weighted by Crippen LogP contribution is 2.21. The summed E-state index contributed by atoms with van der Waals surface area (Å²) in [7, 11) is 0. The number of azo groups is 1. The van der Waals surface area contributed by atoms with Crippen molar-refractivity contribution in [1.29, 1.82) is 0 Å². The highest BCUT2D eigenvalue weighted by molar-refractivity contribution is 8.13. The van der Waals surface area contributed by atoms with Crippen LogP contribution in [0.4, 0.5) is 0 Å². The van der Waals surface area contributed by atoms with E-state index in [0.29, 0.717) is 5.57 Å². The maximum Gasteiger partial charge on any atom is 0.296 e. The predicted molar refractivity (Wildman–Crippen MR) is 45.8 cm³/mol. The van der Waals surface area contributed by atoms with Gasteiger partial charge in [0.15, 0.2) is 11.3 Å². The van der Waals surface area contributed by atoms with E-state index in [-0.39, 0.29) is 5.91 Å². The average Bonchev–Trinajstić information content (AvgIpc) is 2.47. The largest absolute Gasteiger partial charge is 0.341 e. The molecule has 0 aromatic heterocycles. The summed E-state index contributed by atoms with van der Waals surface area (Å²) < 4.78 is 0. The number of fused-ring (bicyclic) bond motifs is 1. The second-order valence-electron chi connectivity index (χ2n) is 2.28. The molecule has 0 saturated heterocycles. The average molecular weight is 182 g/mol. The van der Waals surface area contributed by atoms with Gasteiger partial charge in [0, 0.05) is 6.20 Å². The highest BCUT2D eigenvalue weighted by atomic mass is 32.2. The second kappa shape index (κ2) is 2.71. The zero-order valence-corrected chi connectivity index (χ0v) is 7.13. The monoisotopic (exact) mass is 182 g/mol. The lowest BCUT2D eigenvalue weighted by Gasteiger charge is -2.11. The van der Waals surface area contributed by atoms with Crippen LogP contribution in [0.3, 0.4) is 0 Å². The van der Waals surface area contributed by atoms with Crippen LogP contribution in [-0.4, -0.2) is 23.5 Å². The molecule has 0 aromatic rings. The zero-order chi connectivity index (χ0) is 8.55. The van der Waals surface area contributed by atoms with Crippen molar-refractivity contribution in [3.05, 3.63) is 11.8 Å². The van der Waals surface area contributed by atoms with Gasteiger partial charge in [-0.3, -0.25) is 4.79 Å². The molecule has 1 amide bonds. The number of aliphatic imine (C=N–C) groups is 1. The van der Waals surface area contributed by atoms with Crippen molar-refractivity contribution in [2.75, 3.05) is 6.26 Å². The Morgan fingerprint density at radius 1 is 1.67 bits per heavy atom. The molecule has 0 spiro atoms. The van der Waals surface area contributed by atoms with Gasteiger partial charge in [-0.15, -0.1) is 5.11 Å². The van der Waals surface area contributed by atoms with Crippen molar-refractivity contribution < 1.29 is 4.79 Å². The quantitative estimate of drug-likeness (QED) is 0.593. The number of rotatable bonds is 0. The van der Waals surface area contributed by atoms with Gasteiger partial charge < -0.3 is 5.32 Å². The molecule has 6 heteroatoms. The van der Waals surface area contributed by atoms with E-state index in [2.05, 4.69) is 20.5 Å². The number of thioether (sulfide) groups is 1. The normalized spacial score (nSPS) is 26.1. The van der Waals surface area contributed by atoms with E-state index in [1.54, 1.807) is 6.20 Å². The smallest absolute Gasteiger partial charge is 0.296 e. The minimum Gasteiger partial charge on any atom is -0.341 e. The number of hydrogen-bond acceptors (Lipinski definition) is 5. The van der Waals surface area contributed by atoms with E-state index in [1.807, 2.05) is 6.26 Å². The summed E-state index contributed by atoms with van der Waals surface area (Å²) in [4.78, 5) is 15.1. The van der Waals surface area contributed by atoms with E-state index >= 15 is 0 Å². The van der Waals surface area contributed by atoms with Gasteiger partial charge in [0.25, 0.3) is 5.91 Å². The zero-order valence-electron chi connectivity index (χ0n) is 6.31. The minimum atomic E-state index is -0.402. The van der Waals surface area contributed by atoms with Gasteiger partial charge >= 0.3 is 0 Å². The molecule has 0 bridgehead atoms. The van der Waals surface area contributed by atoms with Crippen molar-refractivity contribution >= 4 is 22.8 Å². The number of amides is 1. The van der Waals surface area contributed by atoms with Crippen LogP contribution in [-0.2, 0) is 4.79 Å². The molecule has 1 N–H and O–H groups in total. The number of carbonyl (C=O) groups excluding carboxylic acids is 1. The van der Waals surface area contributed by atoms with Crippen LogP contribution in [0.25, 0.3) is 0 Å². The lowest BCUT2D eigenvalue weighted by Crippen LogP contribution is -2.24. The number of hydrogen-bond donors (Lipinski definition) is 1. The molecule has 2 aliphatic heterocycles. The molecule has 12 heavy (non-hydrogen) atoms. The number of amidine groups is 1. The Balaban J connectivity index is 2.27. The van der Waals surface area contributed by atoms with Gasteiger partial charge in [-0.25, -0.2) is 4.99 Å². The molecule has 0 aliphatic carbocycles. The molecule has 0 aromatic carbocycles. The van der Waals surface area contributed by atoms with Crippen LogP contribution in [0.15, 0.2) is 27.0 Å². The van der Waals surface area contributed by atoms with Gasteiger partial charge in [0.1, 0.15) is 0 Å². The lowest BCUT2D eigenvalue weighted by molar-refractivity contribution is -0.114. The Labute approximate surface area is 73.0 Å². The molecular formula is C6H6N4OS. The molecule has 0 fully saturated rings. The fraction of sp³-hybridized carbons (Fsp3) is 0.333. The van der Waals surface area contributed by atoms with Crippen molar-refractivity contribution in [3.63, 3.8) is 0 Å². The minimum absolute atomic E-state index is 0.295. The maximum atomic E-state index is 11.0. The third kappa shape index (κ3) is 1.04. The van der Waals surface area contributed by atoms with Gasteiger partial charge in [0.05, 0.1) is 5.57 Å². The van der Waals surface area contributed by atoms with E-state index in [9.17, 15) is 4.79 Å². The summed E-state index contributed by atoms with van der Waals surface area (Å²) in [6, 6.07) is 0.